The quantitative estimate of drug-likeness (QED) is 0.440. The highest BCUT2D eigenvalue weighted by Crippen LogP contribution is 2.27. The molecule has 1 aliphatic carbocycles. The molecule has 1 aliphatic rings. The summed E-state index contributed by atoms with van der Waals surface area (Å²) in [6, 6.07) is 23.5. The van der Waals surface area contributed by atoms with Gasteiger partial charge >= 0.3 is 0 Å². The van der Waals surface area contributed by atoms with E-state index in [0.29, 0.717) is 19.7 Å². The maximum Gasteiger partial charge on any atom is 0.249 e. The molecule has 6 heteroatoms. The normalized spacial score (nSPS) is 13.0. The predicted molar refractivity (Wildman–Crippen MR) is 125 cm³/mol. The van der Waals surface area contributed by atoms with E-state index < -0.39 is 0 Å². The lowest BCUT2D eigenvalue weighted by Crippen LogP contribution is -2.44. The zero-order valence-electron chi connectivity index (χ0n) is 19.0. The first-order chi connectivity index (χ1) is 16.1. The van der Waals surface area contributed by atoms with Gasteiger partial charge in [-0.2, -0.15) is 0 Å². The molecule has 2 aromatic carbocycles. The molecule has 0 aliphatic heterocycles. The summed E-state index contributed by atoms with van der Waals surface area (Å²) in [6.45, 7) is 3.08. The van der Waals surface area contributed by atoms with E-state index in [1.165, 1.54) is 0 Å². The average Bonchev–Trinajstić information content (AvgIpc) is 3.59. The maximum absolute atomic E-state index is 13.4. The Morgan fingerprint density at radius 1 is 0.879 bits per heavy atom. The summed E-state index contributed by atoms with van der Waals surface area (Å²) < 4.78 is 11.4. The summed E-state index contributed by atoms with van der Waals surface area (Å²) in [5.41, 5.74) is 2.05. The lowest BCUT2D eigenvalue weighted by molar-refractivity contribution is -0.144. The average molecular weight is 447 g/mol. The molecular weight excluding hydrogens is 416 g/mol. The summed E-state index contributed by atoms with van der Waals surface area (Å²) in [6.07, 6.45) is 1.85. The van der Waals surface area contributed by atoms with E-state index in [1.54, 1.807) is 9.80 Å². The Balaban J connectivity index is 1.39. The van der Waals surface area contributed by atoms with Crippen molar-refractivity contribution in [3.05, 3.63) is 95.4 Å². The van der Waals surface area contributed by atoms with Crippen molar-refractivity contribution in [1.29, 1.82) is 0 Å². The van der Waals surface area contributed by atoms with Crippen LogP contribution in [0.4, 0.5) is 0 Å². The van der Waals surface area contributed by atoms with Crippen molar-refractivity contribution in [2.75, 3.05) is 13.2 Å². The highest BCUT2D eigenvalue weighted by Gasteiger charge is 2.34. The number of aryl methyl sites for hydroxylation is 1. The van der Waals surface area contributed by atoms with E-state index in [4.69, 9.17) is 9.15 Å². The van der Waals surface area contributed by atoms with Crippen molar-refractivity contribution in [2.45, 2.75) is 45.5 Å². The van der Waals surface area contributed by atoms with Gasteiger partial charge in [0.05, 0.1) is 13.2 Å². The van der Waals surface area contributed by atoms with Gasteiger partial charge in [0, 0.05) is 12.6 Å². The highest BCUT2D eigenvalue weighted by molar-refractivity contribution is 5.86. The molecule has 2 amide bonds. The third-order valence-corrected chi connectivity index (χ3v) is 5.66. The van der Waals surface area contributed by atoms with Crippen LogP contribution in [0.2, 0.25) is 0 Å². The molecule has 0 N–H and O–H groups in total. The third kappa shape index (κ3) is 6.80. The highest BCUT2D eigenvalue weighted by atomic mass is 16.5. The van der Waals surface area contributed by atoms with Crippen molar-refractivity contribution in [2.24, 2.45) is 0 Å². The van der Waals surface area contributed by atoms with E-state index in [1.807, 2.05) is 79.7 Å². The minimum Gasteiger partial charge on any atom is -0.464 e. The molecular formula is C27H30N2O4. The lowest BCUT2D eigenvalue weighted by atomic mass is 10.2. The number of ether oxygens (including phenoxy) is 1. The van der Waals surface area contributed by atoms with Gasteiger partial charge in [-0.15, -0.1) is 0 Å². The summed E-state index contributed by atoms with van der Waals surface area (Å²) in [5, 5.41) is 0. The van der Waals surface area contributed by atoms with Gasteiger partial charge in [-0.1, -0.05) is 60.7 Å². The van der Waals surface area contributed by atoms with Gasteiger partial charge in [-0.05, 0) is 43.0 Å². The zero-order valence-corrected chi connectivity index (χ0v) is 19.0. The Kier molecular flexibility index (Phi) is 7.58. The SMILES string of the molecule is Cc1ccc(CN(Cc2ccccc2)C(=O)CN(C(=O)COCc2ccccc2)C2CC2)o1. The van der Waals surface area contributed by atoms with Crippen LogP contribution in [0.25, 0.3) is 0 Å². The van der Waals surface area contributed by atoms with Crippen LogP contribution in [0, 0.1) is 6.92 Å². The van der Waals surface area contributed by atoms with Crippen LogP contribution in [0.15, 0.2) is 77.2 Å². The van der Waals surface area contributed by atoms with E-state index in [9.17, 15) is 9.59 Å². The van der Waals surface area contributed by atoms with Gasteiger partial charge in [-0.3, -0.25) is 9.59 Å². The molecule has 1 fully saturated rings. The standard InChI is InChI=1S/C27H30N2O4/c1-21-12-15-25(33-21)17-28(16-22-8-4-2-5-9-22)26(30)18-29(24-13-14-24)27(31)20-32-19-23-10-6-3-7-11-23/h2-12,15,24H,13-14,16-20H2,1H3. The first kappa shape index (κ1) is 22.8. The Hall–Kier alpha value is -3.38. The van der Waals surface area contributed by atoms with E-state index in [-0.39, 0.29) is 31.0 Å². The van der Waals surface area contributed by atoms with Gasteiger partial charge in [-0.25, -0.2) is 0 Å². The van der Waals surface area contributed by atoms with Crippen LogP contribution in [0.5, 0.6) is 0 Å². The Morgan fingerprint density at radius 2 is 1.55 bits per heavy atom. The minimum absolute atomic E-state index is 0.0330. The fourth-order valence-electron chi connectivity index (χ4n) is 3.76. The number of rotatable bonds is 11. The molecule has 1 aromatic heterocycles. The van der Waals surface area contributed by atoms with E-state index in [2.05, 4.69) is 0 Å². The fourth-order valence-corrected chi connectivity index (χ4v) is 3.76. The molecule has 1 heterocycles. The molecule has 1 saturated carbocycles. The number of furan rings is 1. The maximum atomic E-state index is 13.4. The van der Waals surface area contributed by atoms with Gasteiger partial charge in [0.15, 0.2) is 0 Å². The third-order valence-electron chi connectivity index (χ3n) is 5.66. The minimum atomic E-state index is -0.143. The summed E-state index contributed by atoms with van der Waals surface area (Å²) >= 11 is 0. The molecule has 0 atom stereocenters. The van der Waals surface area contributed by atoms with Crippen molar-refractivity contribution >= 4 is 11.8 Å². The van der Waals surface area contributed by atoms with Crippen LogP contribution in [0.1, 0.15) is 35.5 Å². The van der Waals surface area contributed by atoms with Crippen LogP contribution in [-0.4, -0.2) is 40.8 Å². The van der Waals surface area contributed by atoms with Crippen LogP contribution >= 0.6 is 0 Å². The van der Waals surface area contributed by atoms with Gasteiger partial charge in [0.1, 0.15) is 24.7 Å². The second-order valence-corrected chi connectivity index (χ2v) is 8.48. The number of hydrogen-bond donors (Lipinski definition) is 0. The number of benzene rings is 2. The Bertz CT molecular complexity index is 1040. The molecule has 33 heavy (non-hydrogen) atoms. The van der Waals surface area contributed by atoms with Crippen molar-refractivity contribution in [3.8, 4) is 0 Å². The van der Waals surface area contributed by atoms with Crippen LogP contribution in [-0.2, 0) is 34.0 Å². The lowest BCUT2D eigenvalue weighted by Gasteiger charge is -2.27. The van der Waals surface area contributed by atoms with Gasteiger partial charge in [0.25, 0.3) is 0 Å². The summed E-state index contributed by atoms with van der Waals surface area (Å²) in [4.78, 5) is 29.7. The molecule has 0 bridgehead atoms. The number of carbonyl (C=O) groups excluding carboxylic acids is 2. The molecule has 3 aromatic rings. The summed E-state index contributed by atoms with van der Waals surface area (Å²) in [7, 11) is 0. The second-order valence-electron chi connectivity index (χ2n) is 8.48. The van der Waals surface area contributed by atoms with Crippen LogP contribution < -0.4 is 0 Å². The molecule has 172 valence electrons. The first-order valence-electron chi connectivity index (χ1n) is 11.4. The molecule has 0 spiro atoms. The molecule has 0 unspecified atom stereocenters. The van der Waals surface area contributed by atoms with Crippen LogP contribution in [0.3, 0.4) is 0 Å². The first-order valence-corrected chi connectivity index (χ1v) is 11.4. The topological polar surface area (TPSA) is 63.0 Å². The molecule has 0 saturated heterocycles. The largest absolute Gasteiger partial charge is 0.464 e. The second kappa shape index (κ2) is 11.0. The smallest absolute Gasteiger partial charge is 0.249 e. The zero-order chi connectivity index (χ0) is 23.0. The van der Waals surface area contributed by atoms with Gasteiger partial charge in [0.2, 0.25) is 11.8 Å². The molecule has 6 nitrogen and oxygen atoms in total. The van der Waals surface area contributed by atoms with Gasteiger partial charge < -0.3 is 19.0 Å². The van der Waals surface area contributed by atoms with Crippen molar-refractivity contribution < 1.29 is 18.7 Å². The fraction of sp³-hybridized carbons (Fsp3) is 0.333. The summed E-state index contributed by atoms with van der Waals surface area (Å²) in [5.74, 6) is 1.29. The molecule has 4 rings (SSSR count). The van der Waals surface area contributed by atoms with Crippen molar-refractivity contribution in [1.82, 2.24) is 9.80 Å². The Morgan fingerprint density at radius 3 is 2.15 bits per heavy atom. The van der Waals surface area contributed by atoms with E-state index in [0.717, 1.165) is 35.5 Å². The van der Waals surface area contributed by atoms with E-state index >= 15 is 0 Å². The number of carbonyl (C=O) groups is 2. The van der Waals surface area contributed by atoms with Crippen molar-refractivity contribution in [3.63, 3.8) is 0 Å². The number of amides is 2. The molecule has 0 radical (unpaired) electrons. The number of hydrogen-bond acceptors (Lipinski definition) is 4. The monoisotopic (exact) mass is 446 g/mol. The number of nitrogens with zero attached hydrogens (tertiary/aromatic N) is 2. The Labute approximate surface area is 194 Å². The predicted octanol–water partition coefficient (Wildman–Crippen LogP) is 4.32.